The fraction of sp³-hybridized carbons (Fsp3) is 0.900. The number of hydrogen-bond acceptors (Lipinski definition) is 3. The summed E-state index contributed by atoms with van der Waals surface area (Å²) in [5.74, 6) is -0.0756. The molecule has 0 rings (SSSR count). The third kappa shape index (κ3) is 4.88. The number of methoxy groups -OCH3 is 2. The van der Waals surface area contributed by atoms with Gasteiger partial charge in [-0.2, -0.15) is 0 Å². The molecule has 0 aliphatic carbocycles. The van der Waals surface area contributed by atoms with E-state index in [9.17, 15) is 4.79 Å². The Labute approximate surface area is 80.4 Å². The molecule has 3 nitrogen and oxygen atoms in total. The fourth-order valence-corrected chi connectivity index (χ4v) is 1.21. The van der Waals surface area contributed by atoms with E-state index in [1.807, 2.05) is 13.8 Å². The van der Waals surface area contributed by atoms with E-state index in [-0.39, 0.29) is 18.0 Å². The van der Waals surface area contributed by atoms with E-state index >= 15 is 0 Å². The predicted octanol–water partition coefficient (Wildman–Crippen LogP) is 2.00. The van der Waals surface area contributed by atoms with Crippen LogP contribution in [0, 0.1) is 5.92 Å². The van der Waals surface area contributed by atoms with E-state index < -0.39 is 0 Å². The summed E-state index contributed by atoms with van der Waals surface area (Å²) in [5, 5.41) is 0. The Morgan fingerprint density at radius 1 is 1.31 bits per heavy atom. The second-order valence-electron chi connectivity index (χ2n) is 3.25. The first kappa shape index (κ1) is 12.4. The molecule has 13 heavy (non-hydrogen) atoms. The molecule has 0 aliphatic rings. The minimum Gasteiger partial charge on any atom is -0.469 e. The summed E-state index contributed by atoms with van der Waals surface area (Å²) >= 11 is 0. The number of rotatable bonds is 6. The molecule has 0 amide bonds. The van der Waals surface area contributed by atoms with E-state index in [1.165, 1.54) is 7.11 Å². The van der Waals surface area contributed by atoms with Crippen LogP contribution in [0.5, 0.6) is 0 Å². The van der Waals surface area contributed by atoms with Crippen molar-refractivity contribution < 1.29 is 14.3 Å². The lowest BCUT2D eigenvalue weighted by Crippen LogP contribution is -2.17. The largest absolute Gasteiger partial charge is 0.469 e. The summed E-state index contributed by atoms with van der Waals surface area (Å²) < 4.78 is 9.80. The van der Waals surface area contributed by atoms with Gasteiger partial charge in [0.15, 0.2) is 0 Å². The van der Waals surface area contributed by atoms with Gasteiger partial charge in [0, 0.05) is 7.11 Å². The minimum absolute atomic E-state index is 0.0302. The molecule has 0 bridgehead atoms. The molecule has 2 unspecified atom stereocenters. The normalized spacial score (nSPS) is 15.1. The van der Waals surface area contributed by atoms with Crippen LogP contribution in [0.4, 0.5) is 0 Å². The van der Waals surface area contributed by atoms with Crippen molar-refractivity contribution in [3.63, 3.8) is 0 Å². The molecule has 0 saturated carbocycles. The highest BCUT2D eigenvalue weighted by Gasteiger charge is 2.17. The summed E-state index contributed by atoms with van der Waals surface area (Å²) in [6, 6.07) is 0. The molecule has 0 heterocycles. The first-order valence-corrected chi connectivity index (χ1v) is 4.76. The highest BCUT2D eigenvalue weighted by Crippen LogP contribution is 2.14. The summed E-state index contributed by atoms with van der Waals surface area (Å²) in [5.41, 5.74) is 0. The van der Waals surface area contributed by atoms with Gasteiger partial charge in [-0.3, -0.25) is 4.79 Å². The molecule has 0 aromatic carbocycles. The van der Waals surface area contributed by atoms with Crippen LogP contribution in [0.1, 0.15) is 33.1 Å². The molecule has 3 heteroatoms. The number of ether oxygens (including phenoxy) is 2. The number of carbonyl (C=O) groups excluding carboxylic acids is 1. The second-order valence-corrected chi connectivity index (χ2v) is 3.25. The molecule has 0 fully saturated rings. The molecule has 0 N–H and O–H groups in total. The van der Waals surface area contributed by atoms with E-state index in [0.717, 1.165) is 19.3 Å². The van der Waals surface area contributed by atoms with Crippen molar-refractivity contribution >= 4 is 5.97 Å². The molecular formula is C10H20O3. The van der Waals surface area contributed by atoms with E-state index in [4.69, 9.17) is 4.74 Å². The van der Waals surface area contributed by atoms with Gasteiger partial charge in [0.25, 0.3) is 0 Å². The van der Waals surface area contributed by atoms with Crippen molar-refractivity contribution in [2.75, 3.05) is 14.2 Å². The smallest absolute Gasteiger partial charge is 0.308 e. The maximum absolute atomic E-state index is 11.2. The van der Waals surface area contributed by atoms with Crippen LogP contribution in [0.3, 0.4) is 0 Å². The SMILES string of the molecule is CCC(CCC(C)OC)C(=O)OC. The first-order valence-electron chi connectivity index (χ1n) is 4.76. The van der Waals surface area contributed by atoms with E-state index in [1.54, 1.807) is 7.11 Å². The molecule has 0 aromatic rings. The van der Waals surface area contributed by atoms with Crippen LogP contribution in [0.15, 0.2) is 0 Å². The zero-order valence-electron chi connectivity index (χ0n) is 9.00. The van der Waals surface area contributed by atoms with Crippen LogP contribution in [0.2, 0.25) is 0 Å². The average molecular weight is 188 g/mol. The van der Waals surface area contributed by atoms with E-state index in [0.29, 0.717) is 0 Å². The van der Waals surface area contributed by atoms with Gasteiger partial charge < -0.3 is 9.47 Å². The Hall–Kier alpha value is -0.570. The topological polar surface area (TPSA) is 35.5 Å². The lowest BCUT2D eigenvalue weighted by atomic mass is 9.99. The number of carbonyl (C=O) groups is 1. The molecule has 0 spiro atoms. The van der Waals surface area contributed by atoms with Crippen LogP contribution in [0.25, 0.3) is 0 Å². The third-order valence-electron chi connectivity index (χ3n) is 2.35. The lowest BCUT2D eigenvalue weighted by Gasteiger charge is -2.14. The van der Waals surface area contributed by atoms with Gasteiger partial charge in [0.1, 0.15) is 0 Å². The Balaban J connectivity index is 3.78. The Morgan fingerprint density at radius 2 is 1.92 bits per heavy atom. The van der Waals surface area contributed by atoms with Gasteiger partial charge in [-0.1, -0.05) is 6.92 Å². The quantitative estimate of drug-likeness (QED) is 0.598. The number of hydrogen-bond donors (Lipinski definition) is 0. The van der Waals surface area contributed by atoms with Gasteiger partial charge in [0.2, 0.25) is 0 Å². The van der Waals surface area contributed by atoms with Crippen molar-refractivity contribution in [2.24, 2.45) is 5.92 Å². The monoisotopic (exact) mass is 188 g/mol. The summed E-state index contributed by atoms with van der Waals surface area (Å²) in [6.07, 6.45) is 2.81. The minimum atomic E-state index is -0.106. The van der Waals surface area contributed by atoms with Crippen molar-refractivity contribution in [3.05, 3.63) is 0 Å². The average Bonchev–Trinajstić information content (AvgIpc) is 2.17. The maximum Gasteiger partial charge on any atom is 0.308 e. The highest BCUT2D eigenvalue weighted by molar-refractivity contribution is 5.72. The molecule has 2 atom stereocenters. The predicted molar refractivity (Wildman–Crippen MR) is 51.5 cm³/mol. The highest BCUT2D eigenvalue weighted by atomic mass is 16.5. The van der Waals surface area contributed by atoms with Gasteiger partial charge in [-0.15, -0.1) is 0 Å². The van der Waals surface area contributed by atoms with Crippen molar-refractivity contribution in [3.8, 4) is 0 Å². The maximum atomic E-state index is 11.2. The Morgan fingerprint density at radius 3 is 2.31 bits per heavy atom. The van der Waals surface area contributed by atoms with E-state index in [2.05, 4.69) is 4.74 Å². The molecule has 0 aliphatic heterocycles. The summed E-state index contributed by atoms with van der Waals surface area (Å²) in [4.78, 5) is 11.2. The van der Waals surface area contributed by atoms with Crippen molar-refractivity contribution in [1.29, 1.82) is 0 Å². The lowest BCUT2D eigenvalue weighted by molar-refractivity contribution is -0.146. The summed E-state index contributed by atoms with van der Waals surface area (Å²) in [7, 11) is 3.12. The first-order chi connectivity index (χ1) is 6.15. The third-order valence-corrected chi connectivity index (χ3v) is 2.35. The van der Waals surface area contributed by atoms with Crippen LogP contribution in [-0.4, -0.2) is 26.3 Å². The second kappa shape index (κ2) is 6.89. The van der Waals surface area contributed by atoms with Gasteiger partial charge >= 0.3 is 5.97 Å². The molecule has 0 saturated heterocycles. The van der Waals surface area contributed by atoms with Crippen LogP contribution < -0.4 is 0 Å². The Bertz CT molecular complexity index is 145. The number of esters is 1. The van der Waals surface area contributed by atoms with Crippen molar-refractivity contribution in [1.82, 2.24) is 0 Å². The van der Waals surface area contributed by atoms with Gasteiger partial charge in [-0.05, 0) is 26.2 Å². The molecular weight excluding hydrogens is 168 g/mol. The summed E-state index contributed by atoms with van der Waals surface area (Å²) in [6.45, 7) is 4.00. The fourth-order valence-electron chi connectivity index (χ4n) is 1.21. The van der Waals surface area contributed by atoms with Crippen LogP contribution in [-0.2, 0) is 14.3 Å². The molecule has 78 valence electrons. The zero-order valence-corrected chi connectivity index (χ0v) is 9.00. The standard InChI is InChI=1S/C10H20O3/c1-5-9(10(11)13-4)7-6-8(2)12-3/h8-9H,5-7H2,1-4H3. The van der Waals surface area contributed by atoms with Gasteiger partial charge in [0.05, 0.1) is 19.1 Å². The van der Waals surface area contributed by atoms with Gasteiger partial charge in [-0.25, -0.2) is 0 Å². The Kier molecular flexibility index (Phi) is 6.59. The van der Waals surface area contributed by atoms with Crippen molar-refractivity contribution in [2.45, 2.75) is 39.2 Å². The molecule has 0 radical (unpaired) electrons. The molecule has 0 aromatic heterocycles. The van der Waals surface area contributed by atoms with Crippen LogP contribution >= 0.6 is 0 Å². The zero-order chi connectivity index (χ0) is 10.3.